The van der Waals surface area contributed by atoms with E-state index in [0.717, 1.165) is 13.1 Å². The van der Waals surface area contributed by atoms with Crippen molar-refractivity contribution in [2.75, 3.05) is 13.1 Å². The van der Waals surface area contributed by atoms with Crippen molar-refractivity contribution in [3.8, 4) is 0 Å². The van der Waals surface area contributed by atoms with E-state index in [1.807, 2.05) is 0 Å². The number of piperazine rings is 1. The molecule has 2 N–H and O–H groups in total. The zero-order chi connectivity index (χ0) is 5.98. The summed E-state index contributed by atoms with van der Waals surface area (Å²) in [7, 11) is 2.20. The van der Waals surface area contributed by atoms with E-state index < -0.39 is 0 Å². The Labute approximate surface area is 51.4 Å². The molecule has 0 aromatic carbocycles. The van der Waals surface area contributed by atoms with Crippen LogP contribution in [0.5, 0.6) is 0 Å². The maximum absolute atomic E-state index is 3.42. The van der Waals surface area contributed by atoms with E-state index in [1.54, 1.807) is 0 Å². The minimum absolute atomic E-state index is 0.652. The largest absolute Gasteiger partial charge is 0.317 e. The van der Waals surface area contributed by atoms with Gasteiger partial charge in [-0.2, -0.15) is 0 Å². The van der Waals surface area contributed by atoms with Gasteiger partial charge in [0, 0.05) is 19.1 Å². The molecule has 0 spiro atoms. The van der Waals surface area contributed by atoms with Crippen LogP contribution in [0.15, 0.2) is 0 Å². The second-order valence-electron chi connectivity index (χ2n) is 2.63. The molecule has 0 amide bonds. The molecule has 2 unspecified atom stereocenters. The maximum atomic E-state index is 3.42. The fourth-order valence-electron chi connectivity index (χ4n) is 1.12. The third-order valence-electron chi connectivity index (χ3n) is 1.47. The zero-order valence-electron chi connectivity index (χ0n) is 5.57. The molecule has 0 saturated carbocycles. The first-order chi connectivity index (χ1) is 3.79. The highest BCUT2D eigenvalue weighted by molar-refractivity contribution is 6.12. The van der Waals surface area contributed by atoms with Gasteiger partial charge in [0.25, 0.3) is 0 Å². The second kappa shape index (κ2) is 2.51. The SMILES string of the molecule is BC1CNCC(C)N1. The summed E-state index contributed by atoms with van der Waals surface area (Å²) in [5, 5.41) is 6.74. The summed E-state index contributed by atoms with van der Waals surface area (Å²) in [6.45, 7) is 4.43. The van der Waals surface area contributed by atoms with Crippen LogP contribution < -0.4 is 10.6 Å². The van der Waals surface area contributed by atoms with Crippen molar-refractivity contribution < 1.29 is 0 Å². The molecule has 2 atom stereocenters. The van der Waals surface area contributed by atoms with E-state index in [1.165, 1.54) is 0 Å². The van der Waals surface area contributed by atoms with E-state index in [-0.39, 0.29) is 0 Å². The molecule has 0 radical (unpaired) electrons. The molecule has 1 fully saturated rings. The first-order valence-corrected chi connectivity index (χ1v) is 3.26. The third-order valence-corrected chi connectivity index (χ3v) is 1.47. The standard InChI is InChI=1S/C5H13BN2/c1-4-2-7-3-5(6)8-4/h4-5,7-8H,2-3,6H2,1H3. The molecule has 0 bridgehead atoms. The number of hydrogen-bond donors (Lipinski definition) is 2. The van der Waals surface area contributed by atoms with Gasteiger partial charge in [-0.25, -0.2) is 0 Å². The zero-order valence-corrected chi connectivity index (χ0v) is 5.57. The van der Waals surface area contributed by atoms with E-state index in [2.05, 4.69) is 25.4 Å². The van der Waals surface area contributed by atoms with Crippen LogP contribution >= 0.6 is 0 Å². The summed E-state index contributed by atoms with van der Waals surface area (Å²) in [5.41, 5.74) is 0. The average molecular weight is 112 g/mol. The van der Waals surface area contributed by atoms with Crippen molar-refractivity contribution in [3.63, 3.8) is 0 Å². The number of rotatable bonds is 0. The van der Waals surface area contributed by atoms with Crippen molar-refractivity contribution in [3.05, 3.63) is 0 Å². The first kappa shape index (κ1) is 6.11. The molecular formula is C5H13BN2. The van der Waals surface area contributed by atoms with Crippen LogP contribution in [0.1, 0.15) is 6.92 Å². The Morgan fingerprint density at radius 2 is 2.25 bits per heavy atom. The van der Waals surface area contributed by atoms with E-state index in [4.69, 9.17) is 0 Å². The summed E-state index contributed by atoms with van der Waals surface area (Å²) >= 11 is 0. The number of hydrogen-bond acceptors (Lipinski definition) is 2. The van der Waals surface area contributed by atoms with Crippen molar-refractivity contribution in [1.82, 2.24) is 10.6 Å². The monoisotopic (exact) mass is 112 g/mol. The Hall–Kier alpha value is -0.0151. The van der Waals surface area contributed by atoms with Crippen LogP contribution in [-0.4, -0.2) is 32.9 Å². The van der Waals surface area contributed by atoms with Crippen molar-refractivity contribution >= 4 is 7.85 Å². The molecule has 3 heteroatoms. The minimum Gasteiger partial charge on any atom is -0.317 e. The minimum atomic E-state index is 0.652. The first-order valence-electron chi connectivity index (χ1n) is 3.26. The van der Waals surface area contributed by atoms with Crippen LogP contribution in [0, 0.1) is 0 Å². The van der Waals surface area contributed by atoms with Gasteiger partial charge in [0.2, 0.25) is 0 Å². The van der Waals surface area contributed by atoms with Crippen molar-refractivity contribution in [2.24, 2.45) is 0 Å². The molecule has 8 heavy (non-hydrogen) atoms. The van der Waals surface area contributed by atoms with Crippen LogP contribution in [-0.2, 0) is 0 Å². The summed E-state index contributed by atoms with van der Waals surface area (Å²) in [6.07, 6.45) is 0. The van der Waals surface area contributed by atoms with E-state index in [9.17, 15) is 0 Å². The lowest BCUT2D eigenvalue weighted by molar-refractivity contribution is 0.416. The fraction of sp³-hybridized carbons (Fsp3) is 1.00. The van der Waals surface area contributed by atoms with E-state index in [0.29, 0.717) is 12.0 Å². The second-order valence-corrected chi connectivity index (χ2v) is 2.63. The maximum Gasteiger partial charge on any atom is 0.125 e. The molecule has 0 aliphatic carbocycles. The van der Waals surface area contributed by atoms with Gasteiger partial charge in [0.1, 0.15) is 7.85 Å². The fourth-order valence-corrected chi connectivity index (χ4v) is 1.12. The molecule has 1 rings (SSSR count). The van der Waals surface area contributed by atoms with Crippen LogP contribution in [0.3, 0.4) is 0 Å². The van der Waals surface area contributed by atoms with Crippen LogP contribution in [0.25, 0.3) is 0 Å². The highest BCUT2D eigenvalue weighted by Crippen LogP contribution is 1.87. The lowest BCUT2D eigenvalue weighted by atomic mass is 9.94. The highest BCUT2D eigenvalue weighted by atomic mass is 15.1. The molecule has 1 aliphatic rings. The van der Waals surface area contributed by atoms with Gasteiger partial charge in [0.05, 0.1) is 0 Å². The van der Waals surface area contributed by atoms with Crippen LogP contribution in [0.4, 0.5) is 0 Å². The Morgan fingerprint density at radius 3 is 2.62 bits per heavy atom. The van der Waals surface area contributed by atoms with Crippen LogP contribution in [0.2, 0.25) is 0 Å². The van der Waals surface area contributed by atoms with Gasteiger partial charge < -0.3 is 10.6 Å². The molecule has 46 valence electrons. The van der Waals surface area contributed by atoms with E-state index >= 15 is 0 Å². The van der Waals surface area contributed by atoms with Crippen molar-refractivity contribution in [1.29, 1.82) is 0 Å². The molecule has 1 saturated heterocycles. The topological polar surface area (TPSA) is 24.1 Å². The average Bonchev–Trinajstić information content (AvgIpc) is 1.64. The quantitative estimate of drug-likeness (QED) is 0.374. The van der Waals surface area contributed by atoms with Gasteiger partial charge in [-0.05, 0) is 12.9 Å². The van der Waals surface area contributed by atoms with Gasteiger partial charge in [-0.3, -0.25) is 0 Å². The Kier molecular flexibility index (Phi) is 1.92. The highest BCUT2D eigenvalue weighted by Gasteiger charge is 2.11. The summed E-state index contributed by atoms with van der Waals surface area (Å²) in [5.74, 6) is 0.652. The Balaban J connectivity index is 2.23. The lowest BCUT2D eigenvalue weighted by Crippen LogP contribution is -2.53. The summed E-state index contributed by atoms with van der Waals surface area (Å²) in [6, 6.07) is 0.652. The lowest BCUT2D eigenvalue weighted by Gasteiger charge is -2.26. The Bertz CT molecular complexity index is 68.8. The molecule has 0 aromatic heterocycles. The predicted molar refractivity (Wildman–Crippen MR) is 37.8 cm³/mol. The molecule has 0 aromatic rings. The normalized spacial score (nSPS) is 39.6. The predicted octanol–water partition coefficient (Wildman–Crippen LogP) is -1.47. The third kappa shape index (κ3) is 1.49. The van der Waals surface area contributed by atoms with Gasteiger partial charge in [0.15, 0.2) is 0 Å². The summed E-state index contributed by atoms with van der Waals surface area (Å²) < 4.78 is 0. The molecule has 2 nitrogen and oxygen atoms in total. The molecule has 1 heterocycles. The van der Waals surface area contributed by atoms with Gasteiger partial charge in [-0.1, -0.05) is 0 Å². The van der Waals surface area contributed by atoms with Gasteiger partial charge in [-0.15, -0.1) is 0 Å². The smallest absolute Gasteiger partial charge is 0.125 e. The summed E-state index contributed by atoms with van der Waals surface area (Å²) in [4.78, 5) is 0. The van der Waals surface area contributed by atoms with Crippen molar-refractivity contribution in [2.45, 2.75) is 18.9 Å². The van der Waals surface area contributed by atoms with Gasteiger partial charge >= 0.3 is 0 Å². The Morgan fingerprint density at radius 1 is 1.50 bits per heavy atom. The molecule has 1 aliphatic heterocycles. The number of nitrogens with one attached hydrogen (secondary N) is 2. The molecular weight excluding hydrogens is 98.9 g/mol.